The van der Waals surface area contributed by atoms with E-state index < -0.39 is 0 Å². The van der Waals surface area contributed by atoms with Crippen LogP contribution in [0.5, 0.6) is 0 Å². The van der Waals surface area contributed by atoms with E-state index >= 15 is 0 Å². The van der Waals surface area contributed by atoms with Crippen LogP contribution in [0.15, 0.2) is 16.7 Å². The number of amides is 1. The molecule has 3 nitrogen and oxygen atoms in total. The fourth-order valence-electron chi connectivity index (χ4n) is 2.86. The molecule has 0 saturated carbocycles. The zero-order valence-electron chi connectivity index (χ0n) is 12.7. The molecule has 0 bridgehead atoms. The van der Waals surface area contributed by atoms with Crippen molar-refractivity contribution in [2.45, 2.75) is 40.5 Å². The van der Waals surface area contributed by atoms with Crippen LogP contribution in [0.4, 0.5) is 0 Å². The third-order valence-electron chi connectivity index (χ3n) is 4.25. The molecular formula is C16H23BrN2O. The van der Waals surface area contributed by atoms with Crippen molar-refractivity contribution in [1.82, 2.24) is 9.88 Å². The van der Waals surface area contributed by atoms with Gasteiger partial charge in [-0.2, -0.15) is 0 Å². The summed E-state index contributed by atoms with van der Waals surface area (Å²) in [6.07, 6.45) is 3.87. The van der Waals surface area contributed by atoms with Crippen LogP contribution in [-0.2, 0) is 0 Å². The average molecular weight is 339 g/mol. The summed E-state index contributed by atoms with van der Waals surface area (Å²) in [4.78, 5) is 18.8. The highest BCUT2D eigenvalue weighted by Gasteiger charge is 2.31. The molecular weight excluding hydrogens is 316 g/mol. The van der Waals surface area contributed by atoms with Crippen LogP contribution in [0.25, 0.3) is 0 Å². The molecule has 1 aliphatic heterocycles. The van der Waals surface area contributed by atoms with Crippen molar-refractivity contribution in [3.05, 3.63) is 28.0 Å². The Labute approximate surface area is 129 Å². The van der Waals surface area contributed by atoms with Gasteiger partial charge in [-0.25, -0.2) is 4.98 Å². The summed E-state index contributed by atoms with van der Waals surface area (Å²) in [7, 11) is 0. The maximum absolute atomic E-state index is 12.5. The number of aromatic nitrogens is 1. The third-order valence-corrected chi connectivity index (χ3v) is 4.69. The molecule has 1 saturated heterocycles. The van der Waals surface area contributed by atoms with Crippen LogP contribution in [0, 0.1) is 18.3 Å². The van der Waals surface area contributed by atoms with Gasteiger partial charge in [0.25, 0.3) is 5.91 Å². The van der Waals surface area contributed by atoms with E-state index in [1.165, 1.54) is 0 Å². The van der Waals surface area contributed by atoms with Crippen molar-refractivity contribution in [3.63, 3.8) is 0 Å². The minimum atomic E-state index is 0.0716. The molecule has 0 N–H and O–H groups in total. The summed E-state index contributed by atoms with van der Waals surface area (Å²) in [5, 5.41) is 0. The lowest BCUT2D eigenvalue weighted by molar-refractivity contribution is 0.0602. The molecule has 0 aliphatic carbocycles. The summed E-state index contributed by atoms with van der Waals surface area (Å²) in [6.45, 7) is 10.5. The topological polar surface area (TPSA) is 33.2 Å². The van der Waals surface area contributed by atoms with E-state index in [0.717, 1.165) is 36.0 Å². The van der Waals surface area contributed by atoms with E-state index in [2.05, 4.69) is 41.7 Å². The van der Waals surface area contributed by atoms with Crippen LogP contribution < -0.4 is 0 Å². The molecule has 110 valence electrons. The second kappa shape index (κ2) is 5.84. The van der Waals surface area contributed by atoms with Gasteiger partial charge in [0.2, 0.25) is 0 Å². The molecule has 2 rings (SSSR count). The van der Waals surface area contributed by atoms with E-state index in [9.17, 15) is 4.79 Å². The quantitative estimate of drug-likeness (QED) is 0.773. The first-order valence-electron chi connectivity index (χ1n) is 7.20. The summed E-state index contributed by atoms with van der Waals surface area (Å²) in [5.74, 6) is 0.771. The maximum atomic E-state index is 12.5. The van der Waals surface area contributed by atoms with Crippen LogP contribution in [0.3, 0.4) is 0 Å². The van der Waals surface area contributed by atoms with Crippen molar-refractivity contribution >= 4 is 21.8 Å². The fourth-order valence-corrected chi connectivity index (χ4v) is 3.31. The Balaban J connectivity index is 2.05. The minimum absolute atomic E-state index is 0.0716. The molecule has 0 unspecified atom stereocenters. The molecule has 1 fully saturated rings. The lowest BCUT2D eigenvalue weighted by Crippen LogP contribution is -2.41. The smallest absolute Gasteiger partial charge is 0.272 e. The van der Waals surface area contributed by atoms with Gasteiger partial charge >= 0.3 is 0 Å². The van der Waals surface area contributed by atoms with Gasteiger partial charge in [-0.05, 0) is 58.7 Å². The number of aryl methyl sites for hydroxylation is 1. The van der Waals surface area contributed by atoms with Crippen LogP contribution in [-0.4, -0.2) is 28.9 Å². The SMILES string of the molecule is Cc1cc(Br)cnc1C(=O)N1CCC(C(C)(C)C)CC1. The number of rotatable bonds is 1. The number of hydrogen-bond acceptors (Lipinski definition) is 2. The first-order chi connectivity index (χ1) is 9.29. The van der Waals surface area contributed by atoms with Gasteiger partial charge in [-0.15, -0.1) is 0 Å². The second-order valence-corrected chi connectivity index (χ2v) is 7.67. The van der Waals surface area contributed by atoms with Gasteiger partial charge in [-0.1, -0.05) is 20.8 Å². The lowest BCUT2D eigenvalue weighted by Gasteiger charge is -2.38. The minimum Gasteiger partial charge on any atom is -0.337 e. The van der Waals surface area contributed by atoms with Crippen molar-refractivity contribution in [1.29, 1.82) is 0 Å². The Morgan fingerprint density at radius 2 is 1.95 bits per heavy atom. The number of pyridine rings is 1. The van der Waals surface area contributed by atoms with Crippen LogP contribution in [0.2, 0.25) is 0 Å². The van der Waals surface area contributed by atoms with Crippen LogP contribution in [0.1, 0.15) is 49.7 Å². The van der Waals surface area contributed by atoms with Gasteiger partial charge in [0.05, 0.1) is 0 Å². The zero-order chi connectivity index (χ0) is 14.9. The highest BCUT2D eigenvalue weighted by atomic mass is 79.9. The predicted octanol–water partition coefficient (Wildman–Crippen LogP) is 4.05. The molecule has 2 heterocycles. The van der Waals surface area contributed by atoms with Gasteiger partial charge in [-0.3, -0.25) is 4.79 Å². The monoisotopic (exact) mass is 338 g/mol. The Morgan fingerprint density at radius 1 is 1.35 bits per heavy atom. The number of hydrogen-bond donors (Lipinski definition) is 0. The van der Waals surface area contributed by atoms with Gasteiger partial charge < -0.3 is 4.90 Å². The normalized spacial score (nSPS) is 17.4. The standard InChI is InChI=1S/C16H23BrN2O/c1-11-9-13(17)10-18-14(11)15(20)19-7-5-12(6-8-19)16(2,3)4/h9-10,12H,5-8H2,1-4H3. The van der Waals surface area contributed by atoms with Crippen molar-refractivity contribution in [2.24, 2.45) is 11.3 Å². The molecule has 1 aromatic rings. The fraction of sp³-hybridized carbons (Fsp3) is 0.625. The molecule has 0 atom stereocenters. The summed E-state index contributed by atoms with van der Waals surface area (Å²) in [6, 6.07) is 1.95. The Hall–Kier alpha value is -0.900. The van der Waals surface area contributed by atoms with Crippen molar-refractivity contribution in [3.8, 4) is 0 Å². The number of nitrogens with zero attached hydrogens (tertiary/aromatic N) is 2. The number of piperidine rings is 1. The summed E-state index contributed by atoms with van der Waals surface area (Å²) < 4.78 is 0.915. The zero-order valence-corrected chi connectivity index (χ0v) is 14.3. The van der Waals surface area contributed by atoms with Gasteiger partial charge in [0.1, 0.15) is 5.69 Å². The van der Waals surface area contributed by atoms with E-state index in [4.69, 9.17) is 0 Å². The van der Waals surface area contributed by atoms with Crippen molar-refractivity contribution < 1.29 is 4.79 Å². The molecule has 4 heteroatoms. The maximum Gasteiger partial charge on any atom is 0.272 e. The van der Waals surface area contributed by atoms with Gasteiger partial charge in [0, 0.05) is 23.8 Å². The average Bonchev–Trinajstić information content (AvgIpc) is 2.37. The Kier molecular flexibility index (Phi) is 4.52. The number of carbonyl (C=O) groups is 1. The second-order valence-electron chi connectivity index (χ2n) is 6.75. The summed E-state index contributed by atoms with van der Waals surface area (Å²) in [5.41, 5.74) is 1.85. The third kappa shape index (κ3) is 3.40. The largest absolute Gasteiger partial charge is 0.337 e. The number of likely N-dealkylation sites (tertiary alicyclic amines) is 1. The molecule has 1 aliphatic rings. The highest BCUT2D eigenvalue weighted by Crippen LogP contribution is 2.34. The molecule has 20 heavy (non-hydrogen) atoms. The van der Waals surface area contributed by atoms with Crippen LogP contribution >= 0.6 is 15.9 Å². The first kappa shape index (κ1) is 15.5. The molecule has 1 aromatic heterocycles. The summed E-state index contributed by atoms with van der Waals surface area (Å²) >= 11 is 3.38. The van der Waals surface area contributed by atoms with E-state index in [0.29, 0.717) is 17.0 Å². The molecule has 1 amide bonds. The van der Waals surface area contributed by atoms with E-state index in [1.54, 1.807) is 6.20 Å². The van der Waals surface area contributed by atoms with E-state index in [-0.39, 0.29) is 5.91 Å². The first-order valence-corrected chi connectivity index (χ1v) is 8.00. The molecule has 0 radical (unpaired) electrons. The van der Waals surface area contributed by atoms with Gasteiger partial charge in [0.15, 0.2) is 0 Å². The molecule has 0 spiro atoms. The molecule has 0 aromatic carbocycles. The number of halogens is 1. The Morgan fingerprint density at radius 3 is 2.45 bits per heavy atom. The highest BCUT2D eigenvalue weighted by molar-refractivity contribution is 9.10. The predicted molar refractivity (Wildman–Crippen MR) is 84.8 cm³/mol. The number of carbonyl (C=O) groups excluding carboxylic acids is 1. The Bertz CT molecular complexity index is 500. The van der Waals surface area contributed by atoms with E-state index in [1.807, 2.05) is 17.9 Å². The van der Waals surface area contributed by atoms with Crippen molar-refractivity contribution in [2.75, 3.05) is 13.1 Å². The lowest BCUT2D eigenvalue weighted by atomic mass is 9.75.